The maximum Gasteiger partial charge on any atom is 0.211 e. The van der Waals surface area contributed by atoms with Gasteiger partial charge in [0.1, 0.15) is 0 Å². The van der Waals surface area contributed by atoms with Crippen molar-refractivity contribution in [3.8, 4) is 0 Å². The fourth-order valence-corrected chi connectivity index (χ4v) is 4.08. The normalized spacial score (nSPS) is 18.0. The molecule has 1 unspecified atom stereocenters. The first-order valence-electron chi connectivity index (χ1n) is 7.45. The minimum atomic E-state index is -3.24. The summed E-state index contributed by atoms with van der Waals surface area (Å²) in [5, 5.41) is 0. The first kappa shape index (κ1) is 16.7. The molecule has 1 aliphatic rings. The van der Waals surface area contributed by atoms with Crippen LogP contribution in [0, 0.1) is 0 Å². The Kier molecular flexibility index (Phi) is 6.48. The van der Waals surface area contributed by atoms with Crippen LogP contribution in [-0.2, 0) is 10.0 Å². The molecule has 1 aliphatic heterocycles. The highest BCUT2D eigenvalue weighted by molar-refractivity contribution is 7.89. The fraction of sp³-hybridized carbons (Fsp3) is 0.600. The summed E-state index contributed by atoms with van der Waals surface area (Å²) in [6.45, 7) is 2.49. The number of hydrogen-bond donors (Lipinski definition) is 1. The van der Waals surface area contributed by atoms with Crippen LogP contribution in [0.25, 0.3) is 0 Å². The van der Waals surface area contributed by atoms with Crippen LogP contribution in [0.2, 0.25) is 0 Å². The van der Waals surface area contributed by atoms with Gasteiger partial charge in [0.05, 0.1) is 5.75 Å². The molecule has 118 valence electrons. The third-order valence-electron chi connectivity index (χ3n) is 3.81. The molecule has 2 rings (SSSR count). The Hall–Kier alpha value is -0.620. The summed E-state index contributed by atoms with van der Waals surface area (Å²) in [6, 6.07) is 10.2. The highest BCUT2D eigenvalue weighted by atomic mass is 35.5. The number of sulfonamides is 1. The van der Waals surface area contributed by atoms with Crippen molar-refractivity contribution in [3.05, 3.63) is 35.9 Å². The van der Waals surface area contributed by atoms with Crippen molar-refractivity contribution in [2.24, 2.45) is 0 Å². The molecule has 1 saturated heterocycles. The Morgan fingerprint density at radius 1 is 1.19 bits per heavy atom. The first-order valence-corrected chi connectivity index (χ1v) is 9.63. The van der Waals surface area contributed by atoms with E-state index in [1.54, 1.807) is 0 Å². The van der Waals surface area contributed by atoms with E-state index in [0.29, 0.717) is 18.8 Å². The average Bonchev–Trinajstić information content (AvgIpc) is 3.01. The zero-order chi connectivity index (χ0) is 15.1. The molecule has 1 fully saturated rings. The van der Waals surface area contributed by atoms with Crippen LogP contribution in [0.15, 0.2) is 30.3 Å². The van der Waals surface area contributed by atoms with Gasteiger partial charge >= 0.3 is 0 Å². The number of alkyl halides is 1. The van der Waals surface area contributed by atoms with E-state index in [0.717, 1.165) is 13.1 Å². The van der Waals surface area contributed by atoms with Crippen LogP contribution in [0.3, 0.4) is 0 Å². The van der Waals surface area contributed by atoms with Crippen molar-refractivity contribution >= 4 is 21.6 Å². The van der Waals surface area contributed by atoms with Crippen LogP contribution >= 0.6 is 11.6 Å². The van der Waals surface area contributed by atoms with Crippen LogP contribution in [0.5, 0.6) is 0 Å². The summed E-state index contributed by atoms with van der Waals surface area (Å²) in [5.41, 5.74) is 1.17. The molecule has 1 heterocycles. The minimum absolute atomic E-state index is 0.0952. The van der Waals surface area contributed by atoms with E-state index in [9.17, 15) is 8.42 Å². The van der Waals surface area contributed by atoms with E-state index >= 15 is 0 Å². The van der Waals surface area contributed by atoms with Crippen molar-refractivity contribution in [2.75, 3.05) is 31.3 Å². The number of benzene rings is 1. The number of halogens is 1. The fourth-order valence-electron chi connectivity index (χ4n) is 2.71. The van der Waals surface area contributed by atoms with Gasteiger partial charge < -0.3 is 0 Å². The van der Waals surface area contributed by atoms with E-state index in [-0.39, 0.29) is 11.8 Å². The number of hydrogen-bond acceptors (Lipinski definition) is 3. The molecule has 0 bridgehead atoms. The Labute approximate surface area is 132 Å². The molecular weight excluding hydrogens is 308 g/mol. The molecule has 0 spiro atoms. The largest absolute Gasteiger partial charge is 0.295 e. The van der Waals surface area contributed by atoms with Gasteiger partial charge in [0.2, 0.25) is 10.0 Å². The molecule has 1 N–H and O–H groups in total. The molecule has 4 nitrogen and oxygen atoms in total. The third-order valence-corrected chi connectivity index (χ3v) is 5.51. The van der Waals surface area contributed by atoms with E-state index in [1.807, 2.05) is 18.2 Å². The first-order chi connectivity index (χ1) is 10.1. The van der Waals surface area contributed by atoms with Gasteiger partial charge in [0.15, 0.2) is 0 Å². The molecule has 0 saturated carbocycles. The van der Waals surface area contributed by atoms with E-state index < -0.39 is 10.0 Å². The van der Waals surface area contributed by atoms with Crippen molar-refractivity contribution < 1.29 is 8.42 Å². The standard InChI is InChI=1S/C15H23ClN2O2S/c16-9-6-12-21(19,20)17-13-15(18-10-4-5-11-18)14-7-2-1-3-8-14/h1-3,7-8,15,17H,4-6,9-13H2. The van der Waals surface area contributed by atoms with Gasteiger partial charge in [-0.2, -0.15) is 0 Å². The molecule has 0 amide bonds. The van der Waals surface area contributed by atoms with Gasteiger partial charge in [-0.05, 0) is 37.9 Å². The zero-order valence-corrected chi connectivity index (χ0v) is 13.7. The van der Waals surface area contributed by atoms with Gasteiger partial charge in [0.25, 0.3) is 0 Å². The molecule has 0 aliphatic carbocycles. The summed E-state index contributed by atoms with van der Waals surface area (Å²) in [5.74, 6) is 0.465. The predicted octanol–water partition coefficient (Wildman–Crippen LogP) is 2.37. The Morgan fingerprint density at radius 2 is 1.86 bits per heavy atom. The minimum Gasteiger partial charge on any atom is -0.295 e. The second-order valence-corrected chi connectivity index (χ2v) is 7.68. The maximum atomic E-state index is 12.0. The van der Waals surface area contributed by atoms with Crippen molar-refractivity contribution in [3.63, 3.8) is 0 Å². The molecule has 0 aromatic heterocycles. The van der Waals surface area contributed by atoms with Gasteiger partial charge in [-0.15, -0.1) is 11.6 Å². The predicted molar refractivity (Wildman–Crippen MR) is 87.1 cm³/mol. The highest BCUT2D eigenvalue weighted by Crippen LogP contribution is 2.24. The van der Waals surface area contributed by atoms with Crippen LogP contribution < -0.4 is 4.72 Å². The summed E-state index contributed by atoms with van der Waals surface area (Å²) in [4.78, 5) is 2.36. The zero-order valence-electron chi connectivity index (χ0n) is 12.2. The lowest BCUT2D eigenvalue weighted by atomic mass is 10.1. The van der Waals surface area contributed by atoms with Crippen LogP contribution in [-0.4, -0.2) is 44.6 Å². The smallest absolute Gasteiger partial charge is 0.211 e. The summed E-state index contributed by atoms with van der Waals surface area (Å²) in [6.07, 6.45) is 2.85. The Bertz CT molecular complexity index is 516. The van der Waals surface area contributed by atoms with E-state index in [2.05, 4.69) is 21.8 Å². The molecule has 0 radical (unpaired) electrons. The molecule has 6 heteroatoms. The van der Waals surface area contributed by atoms with Crippen LogP contribution in [0.1, 0.15) is 30.9 Å². The van der Waals surface area contributed by atoms with Gasteiger partial charge in [0, 0.05) is 18.5 Å². The second kappa shape index (κ2) is 8.13. The van der Waals surface area contributed by atoms with Gasteiger partial charge in [-0.3, -0.25) is 4.90 Å². The lowest BCUT2D eigenvalue weighted by Crippen LogP contribution is -2.37. The number of likely N-dealkylation sites (tertiary alicyclic amines) is 1. The van der Waals surface area contributed by atoms with Crippen molar-refractivity contribution in [1.82, 2.24) is 9.62 Å². The van der Waals surface area contributed by atoms with Crippen molar-refractivity contribution in [1.29, 1.82) is 0 Å². The lowest BCUT2D eigenvalue weighted by molar-refractivity contribution is 0.246. The number of nitrogens with zero attached hydrogens (tertiary/aromatic N) is 1. The molecule has 21 heavy (non-hydrogen) atoms. The summed E-state index contributed by atoms with van der Waals surface area (Å²) >= 11 is 5.57. The summed E-state index contributed by atoms with van der Waals surface area (Å²) < 4.78 is 26.6. The van der Waals surface area contributed by atoms with E-state index in [4.69, 9.17) is 11.6 Å². The third kappa shape index (κ3) is 5.25. The monoisotopic (exact) mass is 330 g/mol. The Balaban J connectivity index is 2.03. The molecule has 1 aromatic rings. The van der Waals surface area contributed by atoms with Gasteiger partial charge in [-0.25, -0.2) is 13.1 Å². The SMILES string of the molecule is O=S(=O)(CCCCl)NCC(c1ccccc1)N1CCCC1. The van der Waals surface area contributed by atoms with Crippen LogP contribution in [0.4, 0.5) is 0 Å². The average molecular weight is 331 g/mol. The van der Waals surface area contributed by atoms with E-state index in [1.165, 1.54) is 18.4 Å². The second-order valence-electron chi connectivity index (χ2n) is 5.38. The molecule has 1 aromatic carbocycles. The maximum absolute atomic E-state index is 12.0. The quantitative estimate of drug-likeness (QED) is 0.744. The lowest BCUT2D eigenvalue weighted by Gasteiger charge is -2.28. The topological polar surface area (TPSA) is 49.4 Å². The number of rotatable bonds is 8. The molecule has 1 atom stereocenters. The number of nitrogens with one attached hydrogen (secondary N) is 1. The van der Waals surface area contributed by atoms with Gasteiger partial charge in [-0.1, -0.05) is 30.3 Å². The molecular formula is C15H23ClN2O2S. The summed E-state index contributed by atoms with van der Waals surface area (Å²) in [7, 11) is -3.24. The van der Waals surface area contributed by atoms with Crippen molar-refractivity contribution in [2.45, 2.75) is 25.3 Å². The Morgan fingerprint density at radius 3 is 2.48 bits per heavy atom. The highest BCUT2D eigenvalue weighted by Gasteiger charge is 2.24.